The Labute approximate surface area is 119 Å². The fourth-order valence-electron chi connectivity index (χ4n) is 2.70. The van der Waals surface area contributed by atoms with Crippen LogP contribution in [0.2, 0.25) is 0 Å². The lowest BCUT2D eigenvalue weighted by Gasteiger charge is -2.34. The fourth-order valence-corrected chi connectivity index (χ4v) is 2.70. The minimum atomic E-state index is -1.08. The number of likely N-dealkylation sites (tertiary alicyclic amines) is 1. The van der Waals surface area contributed by atoms with Crippen molar-refractivity contribution in [2.24, 2.45) is 5.92 Å². The van der Waals surface area contributed by atoms with E-state index in [0.717, 1.165) is 32.5 Å². The Hall–Kier alpha value is -1.59. The molecule has 3 N–H and O–H groups in total. The molecule has 5 nitrogen and oxygen atoms in total. The average molecular weight is 278 g/mol. The molecule has 1 aromatic rings. The third kappa shape index (κ3) is 4.51. The molecule has 2 rings (SSSR count). The van der Waals surface area contributed by atoms with Gasteiger partial charge in [-0.3, -0.25) is 4.90 Å². The van der Waals surface area contributed by atoms with Gasteiger partial charge in [-0.15, -0.1) is 0 Å². The van der Waals surface area contributed by atoms with Crippen molar-refractivity contribution in [3.05, 3.63) is 35.9 Å². The highest BCUT2D eigenvalue weighted by atomic mass is 16.4. The van der Waals surface area contributed by atoms with Gasteiger partial charge < -0.3 is 15.5 Å². The second-order valence-corrected chi connectivity index (χ2v) is 5.35. The van der Waals surface area contributed by atoms with Gasteiger partial charge in [0, 0.05) is 13.1 Å². The van der Waals surface area contributed by atoms with E-state index in [1.165, 1.54) is 5.56 Å². The zero-order valence-corrected chi connectivity index (χ0v) is 11.5. The topological polar surface area (TPSA) is 72.8 Å². The van der Waals surface area contributed by atoms with Crippen molar-refractivity contribution in [3.8, 4) is 0 Å². The molecule has 1 atom stereocenters. The molecule has 0 bridgehead atoms. The molecule has 1 fully saturated rings. The molecule has 1 aromatic carbocycles. The van der Waals surface area contributed by atoms with E-state index in [0.29, 0.717) is 0 Å². The predicted octanol–water partition coefficient (Wildman–Crippen LogP) is 1.53. The maximum absolute atomic E-state index is 10.4. The molecule has 5 heteroatoms. The monoisotopic (exact) mass is 278 g/mol. The first-order valence-corrected chi connectivity index (χ1v) is 7.06. The molecule has 1 unspecified atom stereocenters. The highest BCUT2D eigenvalue weighted by Crippen LogP contribution is 2.21. The molecular weight excluding hydrogens is 256 g/mol. The highest BCUT2D eigenvalue weighted by molar-refractivity contribution is 5.64. The molecule has 1 saturated heterocycles. The van der Waals surface area contributed by atoms with Gasteiger partial charge in [-0.2, -0.15) is 0 Å². The summed E-state index contributed by atoms with van der Waals surface area (Å²) in [7, 11) is 0. The summed E-state index contributed by atoms with van der Waals surface area (Å²) in [6, 6.07) is 10.4. The van der Waals surface area contributed by atoms with Crippen molar-refractivity contribution in [3.63, 3.8) is 0 Å². The first-order valence-electron chi connectivity index (χ1n) is 7.06. The number of amides is 1. The van der Waals surface area contributed by atoms with Crippen LogP contribution in [-0.2, 0) is 6.54 Å². The number of hydrogen-bond acceptors (Lipinski definition) is 3. The van der Waals surface area contributed by atoms with Crippen LogP contribution in [0.1, 0.15) is 18.4 Å². The van der Waals surface area contributed by atoms with Crippen LogP contribution < -0.4 is 5.32 Å². The summed E-state index contributed by atoms with van der Waals surface area (Å²) in [5.41, 5.74) is 1.30. The maximum atomic E-state index is 10.4. The third-order valence-electron chi connectivity index (χ3n) is 3.89. The lowest BCUT2D eigenvalue weighted by molar-refractivity contribution is 0.0571. The lowest BCUT2D eigenvalue weighted by Crippen LogP contribution is -2.41. The largest absolute Gasteiger partial charge is 0.465 e. The Bertz CT molecular complexity index is 416. The van der Waals surface area contributed by atoms with Gasteiger partial charge in [0.2, 0.25) is 0 Å². The third-order valence-corrected chi connectivity index (χ3v) is 3.89. The van der Waals surface area contributed by atoms with Crippen molar-refractivity contribution < 1.29 is 15.0 Å². The first kappa shape index (κ1) is 14.8. The van der Waals surface area contributed by atoms with Gasteiger partial charge in [0.15, 0.2) is 0 Å². The number of nitrogens with zero attached hydrogens (tertiary/aromatic N) is 1. The van der Waals surface area contributed by atoms with Crippen LogP contribution in [0.3, 0.4) is 0 Å². The van der Waals surface area contributed by atoms with Crippen molar-refractivity contribution in [2.45, 2.75) is 25.5 Å². The zero-order valence-electron chi connectivity index (χ0n) is 11.5. The summed E-state index contributed by atoms with van der Waals surface area (Å²) < 4.78 is 0. The minimum absolute atomic E-state index is 0.124. The number of aliphatic hydroxyl groups is 1. The molecule has 0 aromatic heterocycles. The smallest absolute Gasteiger partial charge is 0.404 e. The Morgan fingerprint density at radius 1 is 1.30 bits per heavy atom. The van der Waals surface area contributed by atoms with Crippen LogP contribution in [0.15, 0.2) is 30.3 Å². The molecule has 0 saturated carbocycles. The summed E-state index contributed by atoms with van der Waals surface area (Å²) in [4.78, 5) is 12.8. The van der Waals surface area contributed by atoms with E-state index >= 15 is 0 Å². The number of carboxylic acid groups (broad SMARTS) is 1. The molecule has 0 spiro atoms. The zero-order chi connectivity index (χ0) is 14.4. The molecule has 1 heterocycles. The average Bonchev–Trinajstić information content (AvgIpc) is 2.46. The van der Waals surface area contributed by atoms with Crippen LogP contribution in [0.25, 0.3) is 0 Å². The van der Waals surface area contributed by atoms with E-state index in [1.807, 2.05) is 18.2 Å². The van der Waals surface area contributed by atoms with Gasteiger partial charge in [0.05, 0.1) is 6.10 Å². The quantitative estimate of drug-likeness (QED) is 0.763. The van der Waals surface area contributed by atoms with Gasteiger partial charge in [0.25, 0.3) is 0 Å². The number of benzene rings is 1. The van der Waals surface area contributed by atoms with Crippen molar-refractivity contribution in [2.75, 3.05) is 19.6 Å². The molecular formula is C15H22N2O3. The normalized spacial score (nSPS) is 18.6. The van der Waals surface area contributed by atoms with Gasteiger partial charge in [-0.25, -0.2) is 4.79 Å². The van der Waals surface area contributed by atoms with Gasteiger partial charge in [-0.1, -0.05) is 30.3 Å². The molecule has 0 radical (unpaired) electrons. The van der Waals surface area contributed by atoms with Crippen molar-refractivity contribution in [1.29, 1.82) is 0 Å². The molecule has 1 amide bonds. The number of aliphatic hydroxyl groups excluding tert-OH is 1. The number of carbonyl (C=O) groups is 1. The Morgan fingerprint density at radius 3 is 2.55 bits per heavy atom. The molecule has 0 aliphatic carbocycles. The number of rotatable bonds is 5. The number of hydrogen-bond donors (Lipinski definition) is 3. The summed E-state index contributed by atoms with van der Waals surface area (Å²) >= 11 is 0. The second kappa shape index (κ2) is 7.26. The van der Waals surface area contributed by atoms with Gasteiger partial charge in [-0.05, 0) is 37.4 Å². The van der Waals surface area contributed by atoms with Crippen LogP contribution in [-0.4, -0.2) is 46.9 Å². The van der Waals surface area contributed by atoms with Gasteiger partial charge >= 0.3 is 6.09 Å². The molecule has 1 aliphatic rings. The molecule has 20 heavy (non-hydrogen) atoms. The van der Waals surface area contributed by atoms with Crippen molar-refractivity contribution in [1.82, 2.24) is 10.2 Å². The van der Waals surface area contributed by atoms with E-state index in [1.54, 1.807) is 0 Å². The summed E-state index contributed by atoms with van der Waals surface area (Å²) in [6.45, 7) is 2.96. The van der Waals surface area contributed by atoms with Crippen LogP contribution in [0.4, 0.5) is 4.79 Å². The Kier molecular flexibility index (Phi) is 5.38. The van der Waals surface area contributed by atoms with Crippen LogP contribution in [0.5, 0.6) is 0 Å². The first-order chi connectivity index (χ1) is 9.65. The van der Waals surface area contributed by atoms with Gasteiger partial charge in [0.1, 0.15) is 0 Å². The summed E-state index contributed by atoms with van der Waals surface area (Å²) in [5.74, 6) is 0.189. The Balaban J connectivity index is 1.73. The number of piperidine rings is 1. The van der Waals surface area contributed by atoms with E-state index in [4.69, 9.17) is 5.11 Å². The van der Waals surface area contributed by atoms with E-state index in [-0.39, 0.29) is 12.5 Å². The van der Waals surface area contributed by atoms with Crippen LogP contribution in [0, 0.1) is 5.92 Å². The summed E-state index contributed by atoms with van der Waals surface area (Å²) in [6.07, 6.45) is 0.167. The van der Waals surface area contributed by atoms with Crippen LogP contribution >= 0.6 is 0 Å². The SMILES string of the molecule is O=C(O)NCC(O)C1CCN(Cc2ccccc2)CC1. The fraction of sp³-hybridized carbons (Fsp3) is 0.533. The standard InChI is InChI=1S/C15H22N2O3/c18-14(10-16-15(19)20)13-6-8-17(9-7-13)11-12-4-2-1-3-5-12/h1-5,13-14,16,18H,6-11H2,(H,19,20). The van der Waals surface area contributed by atoms with E-state index < -0.39 is 12.2 Å². The lowest BCUT2D eigenvalue weighted by atomic mass is 9.91. The second-order valence-electron chi connectivity index (χ2n) is 5.35. The Morgan fingerprint density at radius 2 is 1.95 bits per heavy atom. The number of nitrogens with one attached hydrogen (secondary N) is 1. The summed E-state index contributed by atoms with van der Waals surface area (Å²) in [5, 5.41) is 20.7. The minimum Gasteiger partial charge on any atom is -0.465 e. The van der Waals surface area contributed by atoms with E-state index in [2.05, 4.69) is 22.3 Å². The van der Waals surface area contributed by atoms with E-state index in [9.17, 15) is 9.90 Å². The molecule has 1 aliphatic heterocycles. The highest BCUT2D eigenvalue weighted by Gasteiger charge is 2.25. The predicted molar refractivity (Wildman–Crippen MR) is 76.5 cm³/mol. The van der Waals surface area contributed by atoms with Crippen molar-refractivity contribution >= 4 is 6.09 Å². The molecule has 110 valence electrons. The maximum Gasteiger partial charge on any atom is 0.404 e.